The van der Waals surface area contributed by atoms with Crippen molar-refractivity contribution in [2.75, 3.05) is 5.32 Å². The monoisotopic (exact) mass is 436 g/mol. The number of carbonyl (C=O) groups is 2. The Kier molecular flexibility index (Phi) is 5.62. The minimum absolute atomic E-state index is 0.163. The molecule has 0 aliphatic carbocycles. The summed E-state index contributed by atoms with van der Waals surface area (Å²) in [4.78, 5) is 27.8. The van der Waals surface area contributed by atoms with Gasteiger partial charge in [-0.1, -0.05) is 65.7 Å². The van der Waals surface area contributed by atoms with Crippen molar-refractivity contribution < 1.29 is 9.59 Å². The third-order valence-corrected chi connectivity index (χ3v) is 5.42. The van der Waals surface area contributed by atoms with Crippen LogP contribution in [0.25, 0.3) is 5.57 Å². The highest BCUT2D eigenvalue weighted by molar-refractivity contribution is 6.36. The second kappa shape index (κ2) is 8.34. The number of rotatable bonds is 5. The highest BCUT2D eigenvalue weighted by Crippen LogP contribution is 2.32. The number of hydrogen-bond donors (Lipinski definition) is 1. The van der Waals surface area contributed by atoms with Gasteiger partial charge in [0.25, 0.3) is 11.8 Å². The van der Waals surface area contributed by atoms with Crippen LogP contribution in [0, 0.1) is 6.92 Å². The molecule has 6 heteroatoms. The molecular formula is C24H18Cl2N2O2. The Labute approximate surface area is 184 Å². The summed E-state index contributed by atoms with van der Waals surface area (Å²) in [6.07, 6.45) is 0. The highest BCUT2D eigenvalue weighted by atomic mass is 35.5. The Morgan fingerprint density at radius 3 is 2.17 bits per heavy atom. The van der Waals surface area contributed by atoms with E-state index in [1.54, 1.807) is 42.5 Å². The van der Waals surface area contributed by atoms with Crippen LogP contribution in [0.3, 0.4) is 0 Å². The number of amides is 2. The standard InChI is InChI=1S/C24H18Cl2N2O2/c1-15-13-19(26)11-12-20(15)27-22-21(17-5-3-2-4-6-17)23(29)28(24(22)30)14-16-7-9-18(25)10-8-16/h2-13,27H,14H2,1H3. The van der Waals surface area contributed by atoms with Gasteiger partial charge in [-0.2, -0.15) is 0 Å². The maximum atomic E-state index is 13.3. The number of hydrogen-bond acceptors (Lipinski definition) is 3. The summed E-state index contributed by atoms with van der Waals surface area (Å²) in [7, 11) is 0. The Hall–Kier alpha value is -3.08. The largest absolute Gasteiger partial charge is 0.350 e. The summed E-state index contributed by atoms with van der Waals surface area (Å²) < 4.78 is 0. The molecule has 0 saturated heterocycles. The smallest absolute Gasteiger partial charge is 0.278 e. The fraction of sp³-hybridized carbons (Fsp3) is 0.0833. The first-order valence-electron chi connectivity index (χ1n) is 9.37. The van der Waals surface area contributed by atoms with Crippen LogP contribution in [0.2, 0.25) is 10.0 Å². The average molecular weight is 437 g/mol. The number of carbonyl (C=O) groups excluding carboxylic acids is 2. The van der Waals surface area contributed by atoms with Crippen LogP contribution in [-0.4, -0.2) is 16.7 Å². The normalized spacial score (nSPS) is 13.9. The summed E-state index contributed by atoms with van der Waals surface area (Å²) >= 11 is 12.0. The first kappa shape index (κ1) is 20.2. The van der Waals surface area contributed by atoms with E-state index in [0.717, 1.165) is 16.8 Å². The Bertz CT molecular complexity index is 1160. The van der Waals surface area contributed by atoms with E-state index in [1.165, 1.54) is 4.90 Å². The highest BCUT2D eigenvalue weighted by Gasteiger charge is 2.39. The van der Waals surface area contributed by atoms with Crippen molar-refractivity contribution in [3.63, 3.8) is 0 Å². The van der Waals surface area contributed by atoms with E-state index in [-0.39, 0.29) is 24.1 Å². The molecule has 0 saturated carbocycles. The van der Waals surface area contributed by atoms with E-state index in [1.807, 2.05) is 37.3 Å². The predicted octanol–water partition coefficient (Wildman–Crippen LogP) is 5.69. The van der Waals surface area contributed by atoms with E-state index >= 15 is 0 Å². The minimum Gasteiger partial charge on any atom is -0.350 e. The molecule has 1 heterocycles. The molecule has 1 N–H and O–H groups in total. The molecule has 3 aromatic rings. The molecule has 4 rings (SSSR count). The van der Waals surface area contributed by atoms with Gasteiger partial charge >= 0.3 is 0 Å². The molecule has 30 heavy (non-hydrogen) atoms. The maximum Gasteiger partial charge on any atom is 0.278 e. The molecule has 0 radical (unpaired) electrons. The van der Waals surface area contributed by atoms with Gasteiger partial charge in [-0.3, -0.25) is 14.5 Å². The molecule has 0 atom stereocenters. The molecule has 1 aliphatic heterocycles. The lowest BCUT2D eigenvalue weighted by Gasteiger charge is -2.16. The molecule has 0 aromatic heterocycles. The molecule has 4 nitrogen and oxygen atoms in total. The predicted molar refractivity (Wildman–Crippen MR) is 120 cm³/mol. The van der Waals surface area contributed by atoms with Crippen LogP contribution in [0.15, 0.2) is 78.5 Å². The van der Waals surface area contributed by atoms with Gasteiger partial charge in [-0.05, 0) is 53.9 Å². The van der Waals surface area contributed by atoms with Crippen LogP contribution in [0.5, 0.6) is 0 Å². The van der Waals surface area contributed by atoms with Gasteiger partial charge in [-0.15, -0.1) is 0 Å². The molecule has 2 amide bonds. The Balaban J connectivity index is 1.74. The molecule has 0 spiro atoms. The first-order chi connectivity index (χ1) is 14.4. The third-order valence-electron chi connectivity index (χ3n) is 4.93. The number of nitrogens with zero attached hydrogens (tertiary/aromatic N) is 1. The van der Waals surface area contributed by atoms with Crippen molar-refractivity contribution in [3.8, 4) is 0 Å². The van der Waals surface area contributed by atoms with Gasteiger partial charge in [0.2, 0.25) is 0 Å². The van der Waals surface area contributed by atoms with Crippen LogP contribution in [-0.2, 0) is 16.1 Å². The van der Waals surface area contributed by atoms with Crippen molar-refractivity contribution in [2.45, 2.75) is 13.5 Å². The van der Waals surface area contributed by atoms with Crippen molar-refractivity contribution >= 4 is 46.3 Å². The van der Waals surface area contributed by atoms with E-state index in [9.17, 15) is 9.59 Å². The second-order valence-corrected chi connectivity index (χ2v) is 7.90. The van der Waals surface area contributed by atoms with Gasteiger partial charge in [0.05, 0.1) is 12.1 Å². The number of nitrogens with one attached hydrogen (secondary N) is 1. The summed E-state index contributed by atoms with van der Waals surface area (Å²) in [5.41, 5.74) is 3.70. The van der Waals surface area contributed by atoms with E-state index in [0.29, 0.717) is 21.2 Å². The van der Waals surface area contributed by atoms with Crippen LogP contribution < -0.4 is 5.32 Å². The molecule has 0 bridgehead atoms. The van der Waals surface area contributed by atoms with Gasteiger partial charge in [0.1, 0.15) is 5.70 Å². The molecule has 1 aliphatic rings. The van der Waals surface area contributed by atoms with Crippen LogP contribution in [0.4, 0.5) is 5.69 Å². The van der Waals surface area contributed by atoms with Gasteiger partial charge < -0.3 is 5.32 Å². The van der Waals surface area contributed by atoms with Crippen molar-refractivity contribution in [2.24, 2.45) is 0 Å². The van der Waals surface area contributed by atoms with E-state index in [2.05, 4.69) is 5.32 Å². The summed E-state index contributed by atoms with van der Waals surface area (Å²) in [5, 5.41) is 4.38. The van der Waals surface area contributed by atoms with Crippen molar-refractivity contribution in [1.29, 1.82) is 0 Å². The van der Waals surface area contributed by atoms with Crippen molar-refractivity contribution in [1.82, 2.24) is 4.90 Å². The van der Waals surface area contributed by atoms with Gasteiger partial charge in [0.15, 0.2) is 0 Å². The molecule has 150 valence electrons. The minimum atomic E-state index is -0.372. The molecule has 0 unspecified atom stereocenters. The Morgan fingerprint density at radius 1 is 0.833 bits per heavy atom. The van der Waals surface area contributed by atoms with Crippen LogP contribution >= 0.6 is 23.2 Å². The SMILES string of the molecule is Cc1cc(Cl)ccc1NC1=C(c2ccccc2)C(=O)N(Cc2ccc(Cl)cc2)C1=O. The topological polar surface area (TPSA) is 49.4 Å². The lowest BCUT2D eigenvalue weighted by Crippen LogP contribution is -2.32. The van der Waals surface area contributed by atoms with Gasteiger partial charge in [-0.25, -0.2) is 0 Å². The zero-order valence-corrected chi connectivity index (χ0v) is 17.7. The first-order valence-corrected chi connectivity index (χ1v) is 10.1. The quantitative estimate of drug-likeness (QED) is 0.522. The number of benzene rings is 3. The lowest BCUT2D eigenvalue weighted by atomic mass is 10.0. The zero-order valence-electron chi connectivity index (χ0n) is 16.2. The van der Waals surface area contributed by atoms with E-state index < -0.39 is 0 Å². The second-order valence-electron chi connectivity index (χ2n) is 7.02. The number of halogens is 2. The van der Waals surface area contributed by atoms with Gasteiger partial charge in [0, 0.05) is 15.7 Å². The number of aryl methyl sites for hydroxylation is 1. The maximum absolute atomic E-state index is 13.3. The molecular weight excluding hydrogens is 419 g/mol. The molecule has 3 aromatic carbocycles. The fourth-order valence-corrected chi connectivity index (χ4v) is 3.74. The molecule has 0 fully saturated rings. The fourth-order valence-electron chi connectivity index (χ4n) is 3.38. The third kappa shape index (κ3) is 3.97. The summed E-state index contributed by atoms with van der Waals surface area (Å²) in [6, 6.07) is 21.6. The number of imide groups is 1. The van der Waals surface area contributed by atoms with Crippen LogP contribution in [0.1, 0.15) is 16.7 Å². The summed E-state index contributed by atoms with van der Waals surface area (Å²) in [6.45, 7) is 2.06. The average Bonchev–Trinajstić information content (AvgIpc) is 2.96. The Morgan fingerprint density at radius 2 is 1.50 bits per heavy atom. The number of anilines is 1. The van der Waals surface area contributed by atoms with Crippen molar-refractivity contribution in [3.05, 3.63) is 105 Å². The summed E-state index contributed by atoms with van der Waals surface area (Å²) in [5.74, 6) is -0.710. The lowest BCUT2D eigenvalue weighted by molar-refractivity contribution is -0.137. The van der Waals surface area contributed by atoms with E-state index in [4.69, 9.17) is 23.2 Å². The zero-order chi connectivity index (χ0) is 21.3.